The zero-order chi connectivity index (χ0) is 47.6. The molecule has 0 radical (unpaired) electrons. The molecule has 6 heteroatoms. The highest BCUT2D eigenvalue weighted by Crippen LogP contribution is 2.57. The van der Waals surface area contributed by atoms with E-state index in [0.717, 1.165) is 185 Å². The molecule has 2 fully saturated rings. The molecule has 0 spiro atoms. The van der Waals surface area contributed by atoms with Crippen molar-refractivity contribution in [3.05, 3.63) is 193 Å². The van der Waals surface area contributed by atoms with E-state index in [1.807, 2.05) is 42.5 Å². The van der Waals surface area contributed by atoms with Gasteiger partial charge in [0, 0.05) is 65.3 Å². The van der Waals surface area contributed by atoms with Gasteiger partial charge in [-0.1, -0.05) is 160 Å². The molecule has 2 aliphatic rings. The van der Waals surface area contributed by atoms with Crippen LogP contribution in [0.1, 0.15) is 87.2 Å². The summed E-state index contributed by atoms with van der Waals surface area (Å²) in [5.74, 6) is -0.541. The molecular weight excluding hydrogens is 891 g/mol. The maximum atomic E-state index is 17.9. The van der Waals surface area contributed by atoms with E-state index >= 15 is 8.78 Å². The molecule has 15 rings (SSSR count). The summed E-state index contributed by atoms with van der Waals surface area (Å²) in [7, 11) is 0. The second kappa shape index (κ2) is 16.3. The molecule has 9 aromatic carbocycles. The van der Waals surface area contributed by atoms with Crippen molar-refractivity contribution in [2.45, 2.75) is 76.0 Å². The van der Waals surface area contributed by atoms with Crippen LogP contribution in [0.25, 0.3) is 121 Å². The fraction of sp³-hybridized carbons (Fsp3) is 0.182. The zero-order valence-electron chi connectivity index (χ0n) is 39.9. The van der Waals surface area contributed by atoms with Gasteiger partial charge in [-0.05, 0) is 97.2 Å². The Labute approximate surface area is 414 Å². The van der Waals surface area contributed by atoms with E-state index in [4.69, 9.17) is 8.83 Å². The van der Waals surface area contributed by atoms with Crippen molar-refractivity contribution in [3.63, 3.8) is 0 Å². The van der Waals surface area contributed by atoms with Gasteiger partial charge in [0.2, 0.25) is 0 Å². The number of hydrogen-bond donors (Lipinski definition) is 0. The molecule has 72 heavy (non-hydrogen) atoms. The first-order chi connectivity index (χ1) is 35.6. The third kappa shape index (κ3) is 6.01. The van der Waals surface area contributed by atoms with E-state index in [-0.39, 0.29) is 23.5 Å². The molecule has 2 aliphatic carbocycles. The van der Waals surface area contributed by atoms with Gasteiger partial charge in [-0.15, -0.1) is 0 Å². The lowest BCUT2D eigenvalue weighted by molar-refractivity contribution is 0.435. The fourth-order valence-corrected chi connectivity index (χ4v) is 13.6. The fourth-order valence-electron chi connectivity index (χ4n) is 13.6. The van der Waals surface area contributed by atoms with Crippen LogP contribution >= 0.6 is 0 Å². The highest BCUT2D eigenvalue weighted by molar-refractivity contribution is 6.24. The highest BCUT2D eigenvalue weighted by atomic mass is 19.1. The number of furan rings is 2. The van der Waals surface area contributed by atoms with E-state index in [2.05, 4.69) is 112 Å². The first-order valence-corrected chi connectivity index (χ1v) is 26.0. The Bertz CT molecular complexity index is 4250. The molecule has 350 valence electrons. The molecule has 0 bridgehead atoms. The molecule has 4 aromatic heterocycles. The number of aromatic nitrogens is 2. The normalized spacial score (nSPS) is 15.2. The van der Waals surface area contributed by atoms with Gasteiger partial charge in [0.25, 0.3) is 0 Å². The van der Waals surface area contributed by atoms with E-state index in [0.29, 0.717) is 11.1 Å². The SMILES string of the molecule is Fc1ccccc1-c1c(C2CCCCC2)c(-n2c3ccccc3c3ccc4c5ccccc5oc4c32)c(C2CCCCC2)c(-c2ccccc2F)c1-n1c2ccccc2c2ccc3c4ccccc4oc3c21. The summed E-state index contributed by atoms with van der Waals surface area (Å²) in [5, 5.41) is 8.39. The van der Waals surface area contributed by atoms with Crippen LogP contribution in [0.3, 0.4) is 0 Å². The molecule has 13 aromatic rings. The van der Waals surface area contributed by atoms with Crippen molar-refractivity contribution >= 4 is 87.5 Å². The van der Waals surface area contributed by atoms with Gasteiger partial charge < -0.3 is 18.0 Å². The Kier molecular flexibility index (Phi) is 9.46. The highest BCUT2D eigenvalue weighted by Gasteiger charge is 2.39. The number of para-hydroxylation sites is 4. The van der Waals surface area contributed by atoms with Crippen LogP contribution in [0.15, 0.2) is 179 Å². The van der Waals surface area contributed by atoms with Crippen LogP contribution in [0.4, 0.5) is 8.78 Å². The molecule has 4 nitrogen and oxygen atoms in total. The minimum Gasteiger partial charge on any atom is -0.454 e. The van der Waals surface area contributed by atoms with Crippen LogP contribution in [0.5, 0.6) is 0 Å². The Morgan fingerprint density at radius 2 is 0.722 bits per heavy atom. The van der Waals surface area contributed by atoms with Crippen LogP contribution in [-0.2, 0) is 0 Å². The van der Waals surface area contributed by atoms with Crippen molar-refractivity contribution in [1.82, 2.24) is 9.13 Å². The number of nitrogens with zero attached hydrogens (tertiary/aromatic N) is 2. The molecule has 0 saturated heterocycles. The summed E-state index contributed by atoms with van der Waals surface area (Å²) < 4.78 is 54.8. The first kappa shape index (κ1) is 41.8. The van der Waals surface area contributed by atoms with Crippen molar-refractivity contribution < 1.29 is 17.6 Å². The minimum atomic E-state index is -0.316. The van der Waals surface area contributed by atoms with E-state index < -0.39 is 0 Å². The summed E-state index contributed by atoms with van der Waals surface area (Å²) in [6, 6.07) is 57.3. The topological polar surface area (TPSA) is 36.1 Å². The molecule has 0 unspecified atom stereocenters. The Balaban J connectivity index is 1.26. The Morgan fingerprint density at radius 3 is 1.18 bits per heavy atom. The summed E-state index contributed by atoms with van der Waals surface area (Å²) >= 11 is 0. The predicted octanol–water partition coefficient (Wildman–Crippen LogP) is 19.4. The number of fused-ring (bicyclic) bond motifs is 14. The zero-order valence-corrected chi connectivity index (χ0v) is 39.9. The molecular formula is C66H50F2N2O2. The standard InChI is InChI=1S/C66H50F2N2O2/c67-51-29-13-7-27-49(51)59-57(39-19-3-1-4-20-39)63(69-53-31-15-9-23-41(53)45-35-37-47-43-25-11-17-33-55(43)71-65(47)61(45)69)58(40-21-5-2-6-22-40)60(50-28-8-14-30-52(50)68)64(59)70-54-32-16-10-24-42(54)46-36-38-48-44-26-12-18-34-56(44)72-66(48)62(46)70/h7-18,23-40H,1-6,19-22H2. The first-order valence-electron chi connectivity index (χ1n) is 26.0. The van der Waals surface area contributed by atoms with Crippen LogP contribution in [0, 0.1) is 11.6 Å². The van der Waals surface area contributed by atoms with E-state index in [9.17, 15) is 0 Å². The lowest BCUT2D eigenvalue weighted by Gasteiger charge is -2.37. The monoisotopic (exact) mass is 940 g/mol. The lowest BCUT2D eigenvalue weighted by atomic mass is 9.72. The van der Waals surface area contributed by atoms with Crippen molar-refractivity contribution in [2.75, 3.05) is 0 Å². The van der Waals surface area contributed by atoms with Crippen LogP contribution in [0.2, 0.25) is 0 Å². The number of hydrogen-bond acceptors (Lipinski definition) is 2. The molecule has 2 saturated carbocycles. The molecule has 4 heterocycles. The Morgan fingerprint density at radius 1 is 0.347 bits per heavy atom. The van der Waals surface area contributed by atoms with Gasteiger partial charge in [0.1, 0.15) is 22.8 Å². The van der Waals surface area contributed by atoms with Gasteiger partial charge in [-0.25, -0.2) is 8.78 Å². The smallest absolute Gasteiger partial charge is 0.160 e. The Hall–Kier alpha value is -7.96. The maximum Gasteiger partial charge on any atom is 0.160 e. The lowest BCUT2D eigenvalue weighted by Crippen LogP contribution is -2.20. The number of rotatable bonds is 6. The second-order valence-electron chi connectivity index (χ2n) is 20.5. The third-order valence-electron chi connectivity index (χ3n) is 16.6. The van der Waals surface area contributed by atoms with Gasteiger partial charge in [-0.3, -0.25) is 0 Å². The second-order valence-corrected chi connectivity index (χ2v) is 20.5. The average molecular weight is 941 g/mol. The van der Waals surface area contributed by atoms with Crippen LogP contribution < -0.4 is 0 Å². The molecule has 0 aliphatic heterocycles. The average Bonchev–Trinajstić information content (AvgIpc) is 4.19. The van der Waals surface area contributed by atoms with E-state index in [1.165, 1.54) is 0 Å². The minimum absolute atomic E-state index is 0.0458. The maximum absolute atomic E-state index is 17.9. The molecule has 0 amide bonds. The molecule has 0 atom stereocenters. The van der Waals surface area contributed by atoms with Crippen molar-refractivity contribution in [1.29, 1.82) is 0 Å². The van der Waals surface area contributed by atoms with E-state index in [1.54, 1.807) is 24.3 Å². The summed E-state index contributed by atoms with van der Waals surface area (Å²) in [6.07, 6.45) is 10.3. The largest absolute Gasteiger partial charge is 0.454 e. The van der Waals surface area contributed by atoms with Crippen molar-refractivity contribution in [3.8, 4) is 33.6 Å². The van der Waals surface area contributed by atoms with Crippen LogP contribution in [-0.4, -0.2) is 9.13 Å². The van der Waals surface area contributed by atoms with Gasteiger partial charge in [0.15, 0.2) is 11.2 Å². The van der Waals surface area contributed by atoms with Gasteiger partial charge in [0.05, 0.1) is 33.4 Å². The molecule has 0 N–H and O–H groups in total. The number of halogens is 2. The van der Waals surface area contributed by atoms with Gasteiger partial charge >= 0.3 is 0 Å². The number of benzene rings is 9. The summed E-state index contributed by atoms with van der Waals surface area (Å²) in [6.45, 7) is 0. The predicted molar refractivity (Wildman–Crippen MR) is 292 cm³/mol. The summed E-state index contributed by atoms with van der Waals surface area (Å²) in [4.78, 5) is 0. The third-order valence-corrected chi connectivity index (χ3v) is 16.6. The van der Waals surface area contributed by atoms with Gasteiger partial charge in [-0.2, -0.15) is 0 Å². The quantitative estimate of drug-likeness (QED) is 0.167. The van der Waals surface area contributed by atoms with Crippen molar-refractivity contribution in [2.24, 2.45) is 0 Å². The summed E-state index contributed by atoms with van der Waals surface area (Å²) in [5.41, 5.74) is 13.7.